The molecule has 0 unspecified atom stereocenters. The van der Waals surface area contributed by atoms with E-state index in [4.69, 9.17) is 11.6 Å². The van der Waals surface area contributed by atoms with Crippen molar-refractivity contribution in [2.45, 2.75) is 25.9 Å². The van der Waals surface area contributed by atoms with Crippen molar-refractivity contribution >= 4 is 22.6 Å². The predicted octanol–water partition coefficient (Wildman–Crippen LogP) is 2.54. The lowest BCUT2D eigenvalue weighted by molar-refractivity contribution is 0.597. The van der Waals surface area contributed by atoms with Gasteiger partial charge in [0.2, 0.25) is 0 Å². The molecule has 0 fully saturated rings. The molecule has 1 aromatic heterocycles. The van der Waals surface area contributed by atoms with E-state index in [1.807, 2.05) is 33.4 Å². The van der Waals surface area contributed by atoms with E-state index in [9.17, 15) is 4.79 Å². The average Bonchev–Trinajstić information content (AvgIpc) is 2.67. The van der Waals surface area contributed by atoms with E-state index in [0.717, 1.165) is 30.4 Å². The lowest BCUT2D eigenvalue weighted by Crippen LogP contribution is -2.25. The molecule has 0 amide bonds. The Morgan fingerprint density at radius 2 is 2.22 bits per heavy atom. The van der Waals surface area contributed by atoms with Gasteiger partial charge in [-0.2, -0.15) is 0 Å². The molecule has 3 nitrogen and oxygen atoms in total. The van der Waals surface area contributed by atoms with Gasteiger partial charge < -0.3 is 0 Å². The second-order valence-electron chi connectivity index (χ2n) is 4.56. The van der Waals surface area contributed by atoms with Crippen LogP contribution in [0, 0.1) is 0 Å². The number of benzene rings is 1. The lowest BCUT2D eigenvalue weighted by atomic mass is 10.0. The van der Waals surface area contributed by atoms with Gasteiger partial charge in [-0.05, 0) is 24.5 Å². The summed E-state index contributed by atoms with van der Waals surface area (Å²) < 4.78 is 3.73. The van der Waals surface area contributed by atoms with E-state index in [1.165, 1.54) is 5.56 Å². The van der Waals surface area contributed by atoms with E-state index >= 15 is 0 Å². The molecule has 18 heavy (non-hydrogen) atoms. The SMILES string of the molecule is O=c1n(C/C=C\CCl)c2cccc3c2n1CCC3. The first kappa shape index (κ1) is 11.6. The topological polar surface area (TPSA) is 26.9 Å². The summed E-state index contributed by atoms with van der Waals surface area (Å²) in [6.07, 6.45) is 5.94. The number of rotatable bonds is 3. The Morgan fingerprint density at radius 1 is 1.33 bits per heavy atom. The van der Waals surface area contributed by atoms with E-state index in [1.54, 1.807) is 0 Å². The van der Waals surface area contributed by atoms with Crippen LogP contribution in [0.5, 0.6) is 0 Å². The molecule has 1 aliphatic rings. The Hall–Kier alpha value is -1.48. The predicted molar refractivity (Wildman–Crippen MR) is 74.4 cm³/mol. The molecule has 4 heteroatoms. The minimum atomic E-state index is 0.0939. The zero-order chi connectivity index (χ0) is 12.5. The first-order valence-electron chi connectivity index (χ1n) is 6.25. The summed E-state index contributed by atoms with van der Waals surface area (Å²) in [5.41, 5.74) is 3.54. The van der Waals surface area contributed by atoms with Crippen molar-refractivity contribution in [2.24, 2.45) is 0 Å². The zero-order valence-corrected chi connectivity index (χ0v) is 10.9. The minimum absolute atomic E-state index is 0.0939. The summed E-state index contributed by atoms with van der Waals surface area (Å²) in [5, 5.41) is 0. The van der Waals surface area contributed by atoms with Gasteiger partial charge in [0.05, 0.1) is 11.0 Å². The Morgan fingerprint density at radius 3 is 3.06 bits per heavy atom. The Labute approximate surface area is 110 Å². The third-order valence-corrected chi connectivity index (χ3v) is 3.67. The molecule has 0 saturated heterocycles. The Bertz CT molecular complexity index is 666. The number of para-hydroxylation sites is 1. The summed E-state index contributed by atoms with van der Waals surface area (Å²) in [6, 6.07) is 6.18. The third-order valence-electron chi connectivity index (χ3n) is 3.49. The van der Waals surface area contributed by atoms with Crippen molar-refractivity contribution in [3.05, 3.63) is 46.4 Å². The maximum atomic E-state index is 12.4. The number of alkyl halides is 1. The molecule has 1 aromatic carbocycles. The second-order valence-corrected chi connectivity index (χ2v) is 4.87. The molecule has 0 spiro atoms. The van der Waals surface area contributed by atoms with Gasteiger partial charge in [0, 0.05) is 19.0 Å². The van der Waals surface area contributed by atoms with Gasteiger partial charge in [0.15, 0.2) is 0 Å². The fraction of sp³-hybridized carbons (Fsp3) is 0.357. The van der Waals surface area contributed by atoms with Crippen LogP contribution in [-0.4, -0.2) is 15.0 Å². The number of hydrogen-bond acceptors (Lipinski definition) is 1. The van der Waals surface area contributed by atoms with Crippen LogP contribution in [0.25, 0.3) is 11.0 Å². The van der Waals surface area contributed by atoms with Crippen LogP contribution in [-0.2, 0) is 19.5 Å². The number of hydrogen-bond donors (Lipinski definition) is 0. The minimum Gasteiger partial charge on any atom is -0.292 e. The van der Waals surface area contributed by atoms with Crippen LogP contribution in [0.2, 0.25) is 0 Å². The van der Waals surface area contributed by atoms with Crippen LogP contribution in [0.4, 0.5) is 0 Å². The molecule has 2 aromatic rings. The van der Waals surface area contributed by atoms with Gasteiger partial charge in [-0.15, -0.1) is 11.6 Å². The van der Waals surface area contributed by atoms with E-state index < -0.39 is 0 Å². The number of allylic oxidation sites excluding steroid dienone is 2. The zero-order valence-electron chi connectivity index (χ0n) is 10.1. The van der Waals surface area contributed by atoms with Crippen LogP contribution < -0.4 is 5.69 Å². The van der Waals surface area contributed by atoms with Gasteiger partial charge in [0.25, 0.3) is 0 Å². The summed E-state index contributed by atoms with van der Waals surface area (Å²) in [6.45, 7) is 1.43. The standard InChI is InChI=1S/C14H15ClN2O/c15-8-1-2-9-16-12-7-3-5-11-6-4-10-17(13(11)12)14(16)18/h1-3,5,7H,4,6,8-10H2/b2-1-. The molecule has 2 heterocycles. The average molecular weight is 263 g/mol. The second kappa shape index (κ2) is 4.65. The fourth-order valence-corrected chi connectivity index (χ4v) is 2.83. The van der Waals surface area contributed by atoms with Crippen molar-refractivity contribution < 1.29 is 0 Å². The molecule has 0 bridgehead atoms. The summed E-state index contributed by atoms with van der Waals surface area (Å²) in [7, 11) is 0. The van der Waals surface area contributed by atoms with Crippen molar-refractivity contribution in [3.63, 3.8) is 0 Å². The molecule has 0 atom stereocenters. The maximum Gasteiger partial charge on any atom is 0.329 e. The Kier molecular flexibility index (Phi) is 3.00. The van der Waals surface area contributed by atoms with E-state index in [-0.39, 0.29) is 5.69 Å². The normalized spacial score (nSPS) is 14.7. The van der Waals surface area contributed by atoms with Crippen molar-refractivity contribution in [3.8, 4) is 0 Å². The van der Waals surface area contributed by atoms with Gasteiger partial charge in [-0.1, -0.05) is 24.3 Å². The highest BCUT2D eigenvalue weighted by Crippen LogP contribution is 2.23. The van der Waals surface area contributed by atoms with Gasteiger partial charge in [-0.25, -0.2) is 4.79 Å². The van der Waals surface area contributed by atoms with Crippen LogP contribution in [0.3, 0.4) is 0 Å². The number of imidazole rings is 1. The summed E-state index contributed by atoms with van der Waals surface area (Å²) >= 11 is 5.61. The lowest BCUT2D eigenvalue weighted by Gasteiger charge is -2.12. The fourth-order valence-electron chi connectivity index (χ4n) is 2.71. The molecular formula is C14H15ClN2O. The number of nitrogens with zero attached hydrogens (tertiary/aromatic N) is 2. The maximum absolute atomic E-state index is 12.4. The van der Waals surface area contributed by atoms with Crippen molar-refractivity contribution in [1.29, 1.82) is 0 Å². The smallest absolute Gasteiger partial charge is 0.292 e. The molecular weight excluding hydrogens is 248 g/mol. The number of halogens is 1. The molecule has 0 N–H and O–H groups in total. The van der Waals surface area contributed by atoms with E-state index in [0.29, 0.717) is 12.4 Å². The van der Waals surface area contributed by atoms with Crippen molar-refractivity contribution in [1.82, 2.24) is 9.13 Å². The van der Waals surface area contributed by atoms with Crippen LogP contribution in [0.15, 0.2) is 35.1 Å². The van der Waals surface area contributed by atoms with Crippen LogP contribution >= 0.6 is 11.6 Å². The molecule has 0 radical (unpaired) electrons. The van der Waals surface area contributed by atoms with E-state index in [2.05, 4.69) is 6.07 Å². The van der Waals surface area contributed by atoms with Gasteiger partial charge >= 0.3 is 5.69 Å². The summed E-state index contributed by atoms with van der Waals surface area (Å²) in [5.74, 6) is 0.485. The Balaban J connectivity index is 2.21. The van der Waals surface area contributed by atoms with Crippen molar-refractivity contribution in [2.75, 3.05) is 5.88 Å². The number of aromatic nitrogens is 2. The highest BCUT2D eigenvalue weighted by atomic mass is 35.5. The quantitative estimate of drug-likeness (QED) is 0.617. The third kappa shape index (κ3) is 1.70. The monoisotopic (exact) mass is 262 g/mol. The highest BCUT2D eigenvalue weighted by Gasteiger charge is 2.18. The number of aryl methyl sites for hydroxylation is 2. The molecule has 0 aliphatic carbocycles. The van der Waals surface area contributed by atoms with Gasteiger partial charge in [0.1, 0.15) is 0 Å². The molecule has 0 saturated carbocycles. The molecule has 1 aliphatic heterocycles. The highest BCUT2D eigenvalue weighted by molar-refractivity contribution is 6.18. The van der Waals surface area contributed by atoms with Gasteiger partial charge in [-0.3, -0.25) is 9.13 Å². The molecule has 3 rings (SSSR count). The van der Waals surface area contributed by atoms with Crippen LogP contribution in [0.1, 0.15) is 12.0 Å². The largest absolute Gasteiger partial charge is 0.329 e. The summed E-state index contributed by atoms with van der Waals surface area (Å²) in [4.78, 5) is 12.4. The molecule has 94 valence electrons. The first-order chi connectivity index (χ1) is 8.83. The first-order valence-corrected chi connectivity index (χ1v) is 6.78.